The maximum Gasteiger partial charge on any atom is 0.377 e. The molecule has 3 rings (SSSR count). The topological polar surface area (TPSA) is 57.0 Å². The summed E-state index contributed by atoms with van der Waals surface area (Å²) in [5, 5.41) is 4.16. The average molecular weight is 235 g/mol. The van der Waals surface area contributed by atoms with Gasteiger partial charge in [0.2, 0.25) is 0 Å². The van der Waals surface area contributed by atoms with Crippen molar-refractivity contribution in [1.82, 2.24) is 14.8 Å². The fourth-order valence-electron chi connectivity index (χ4n) is 3.41. The first kappa shape index (κ1) is 10.7. The zero-order valence-electron chi connectivity index (χ0n) is 10.0. The number of nitrogens with zero attached hydrogens (tertiary/aromatic N) is 3. The van der Waals surface area contributed by atoms with Crippen LogP contribution >= 0.6 is 0 Å². The third-order valence-electron chi connectivity index (χ3n) is 4.21. The molecule has 92 valence electrons. The van der Waals surface area contributed by atoms with Gasteiger partial charge in [0, 0.05) is 6.54 Å². The number of methoxy groups -OCH3 is 1. The molecule has 0 spiro atoms. The smallest absolute Gasteiger partial charge is 0.377 e. The fraction of sp³-hybridized carbons (Fsp3) is 0.750. The minimum Gasteiger partial charge on any atom is -0.463 e. The van der Waals surface area contributed by atoms with Gasteiger partial charge >= 0.3 is 5.97 Å². The van der Waals surface area contributed by atoms with Crippen molar-refractivity contribution in [2.45, 2.75) is 32.2 Å². The standard InChI is InChI=1S/C12H17N3O2/c1-17-12(16)11-13-7-15(14-11)6-10-5-8-2-3-9(10)4-8/h7-10H,2-6H2,1H3. The highest BCUT2D eigenvalue weighted by Crippen LogP contribution is 2.48. The lowest BCUT2D eigenvalue weighted by atomic mass is 9.89. The van der Waals surface area contributed by atoms with Gasteiger partial charge in [0.05, 0.1) is 7.11 Å². The number of carbonyl (C=O) groups is 1. The molecule has 1 aromatic heterocycles. The number of esters is 1. The van der Waals surface area contributed by atoms with Crippen LogP contribution in [0.15, 0.2) is 6.33 Å². The van der Waals surface area contributed by atoms with Gasteiger partial charge < -0.3 is 4.74 Å². The number of carbonyl (C=O) groups excluding carboxylic acids is 1. The summed E-state index contributed by atoms with van der Waals surface area (Å²) in [6.07, 6.45) is 7.12. The number of fused-ring (bicyclic) bond motifs is 2. The molecule has 0 radical (unpaired) electrons. The van der Waals surface area contributed by atoms with Crippen LogP contribution in [-0.4, -0.2) is 27.8 Å². The zero-order valence-corrected chi connectivity index (χ0v) is 10.0. The molecule has 1 heterocycles. The third-order valence-corrected chi connectivity index (χ3v) is 4.21. The first-order valence-electron chi connectivity index (χ1n) is 6.24. The van der Waals surface area contributed by atoms with Gasteiger partial charge in [0.1, 0.15) is 6.33 Å². The maximum atomic E-state index is 11.2. The molecule has 2 saturated carbocycles. The predicted octanol–water partition coefficient (Wildman–Crippen LogP) is 1.50. The first-order valence-corrected chi connectivity index (χ1v) is 6.24. The van der Waals surface area contributed by atoms with Crippen LogP contribution in [0, 0.1) is 17.8 Å². The van der Waals surface area contributed by atoms with Gasteiger partial charge in [-0.3, -0.25) is 4.68 Å². The van der Waals surface area contributed by atoms with E-state index in [4.69, 9.17) is 0 Å². The van der Waals surface area contributed by atoms with Crippen LogP contribution in [0.1, 0.15) is 36.3 Å². The van der Waals surface area contributed by atoms with Gasteiger partial charge in [-0.15, -0.1) is 5.10 Å². The number of hydrogen-bond donors (Lipinski definition) is 0. The summed E-state index contributed by atoms with van der Waals surface area (Å²) >= 11 is 0. The molecule has 2 aliphatic carbocycles. The van der Waals surface area contributed by atoms with Crippen molar-refractivity contribution in [3.05, 3.63) is 12.2 Å². The molecule has 2 fully saturated rings. The second-order valence-electron chi connectivity index (χ2n) is 5.22. The van der Waals surface area contributed by atoms with Crippen LogP contribution in [0.25, 0.3) is 0 Å². The van der Waals surface area contributed by atoms with E-state index in [2.05, 4.69) is 14.8 Å². The van der Waals surface area contributed by atoms with Gasteiger partial charge in [-0.05, 0) is 37.0 Å². The average Bonchev–Trinajstić information content (AvgIpc) is 3.03. The Morgan fingerprint density at radius 2 is 2.41 bits per heavy atom. The molecule has 0 saturated heterocycles. The minimum absolute atomic E-state index is 0.163. The Bertz CT molecular complexity index is 429. The van der Waals surface area contributed by atoms with E-state index < -0.39 is 5.97 Å². The minimum atomic E-state index is -0.461. The maximum absolute atomic E-state index is 11.2. The molecule has 2 bridgehead atoms. The van der Waals surface area contributed by atoms with E-state index in [1.54, 1.807) is 11.0 Å². The molecule has 3 atom stereocenters. The zero-order chi connectivity index (χ0) is 11.8. The Labute approximate surface area is 100 Å². The van der Waals surface area contributed by atoms with E-state index >= 15 is 0 Å². The summed E-state index contributed by atoms with van der Waals surface area (Å²) in [5.41, 5.74) is 0. The molecular weight excluding hydrogens is 218 g/mol. The normalized spacial score (nSPS) is 30.8. The molecule has 5 heteroatoms. The van der Waals surface area contributed by atoms with Crippen LogP contribution in [0.2, 0.25) is 0 Å². The fourth-order valence-corrected chi connectivity index (χ4v) is 3.41. The highest BCUT2D eigenvalue weighted by molar-refractivity contribution is 5.84. The lowest BCUT2D eigenvalue weighted by Gasteiger charge is -2.20. The quantitative estimate of drug-likeness (QED) is 0.745. The number of ether oxygens (including phenoxy) is 1. The molecule has 0 N–H and O–H groups in total. The number of hydrogen-bond acceptors (Lipinski definition) is 4. The van der Waals surface area contributed by atoms with E-state index in [0.717, 1.165) is 24.3 Å². The van der Waals surface area contributed by atoms with Crippen LogP contribution in [0.3, 0.4) is 0 Å². The summed E-state index contributed by atoms with van der Waals surface area (Å²) in [4.78, 5) is 15.2. The van der Waals surface area contributed by atoms with Crippen LogP contribution < -0.4 is 0 Å². The SMILES string of the molecule is COC(=O)c1ncn(CC2CC3CCC2C3)n1. The second kappa shape index (κ2) is 4.13. The van der Waals surface area contributed by atoms with Gasteiger partial charge in [-0.25, -0.2) is 9.78 Å². The Kier molecular flexibility index (Phi) is 2.61. The van der Waals surface area contributed by atoms with Gasteiger partial charge in [0.15, 0.2) is 0 Å². The first-order chi connectivity index (χ1) is 8.26. The van der Waals surface area contributed by atoms with Crippen molar-refractivity contribution in [3.63, 3.8) is 0 Å². The highest BCUT2D eigenvalue weighted by atomic mass is 16.5. The molecule has 0 amide bonds. The van der Waals surface area contributed by atoms with Gasteiger partial charge in [-0.2, -0.15) is 0 Å². The molecular formula is C12H17N3O2. The lowest BCUT2D eigenvalue weighted by Crippen LogP contribution is -2.18. The van der Waals surface area contributed by atoms with Crippen molar-refractivity contribution in [2.24, 2.45) is 17.8 Å². The van der Waals surface area contributed by atoms with Crippen LogP contribution in [0.4, 0.5) is 0 Å². The molecule has 5 nitrogen and oxygen atoms in total. The number of rotatable bonds is 3. The van der Waals surface area contributed by atoms with Crippen molar-refractivity contribution in [1.29, 1.82) is 0 Å². The van der Waals surface area contributed by atoms with E-state index in [1.165, 1.54) is 32.8 Å². The van der Waals surface area contributed by atoms with Gasteiger partial charge in [0.25, 0.3) is 5.82 Å². The van der Waals surface area contributed by atoms with Crippen molar-refractivity contribution >= 4 is 5.97 Å². The molecule has 3 unspecified atom stereocenters. The van der Waals surface area contributed by atoms with E-state index in [-0.39, 0.29) is 5.82 Å². The second-order valence-corrected chi connectivity index (χ2v) is 5.22. The van der Waals surface area contributed by atoms with Crippen molar-refractivity contribution in [3.8, 4) is 0 Å². The number of aromatic nitrogens is 3. The summed E-state index contributed by atoms with van der Waals surface area (Å²) in [6, 6.07) is 0. The molecule has 0 aromatic carbocycles. The van der Waals surface area contributed by atoms with Crippen molar-refractivity contribution < 1.29 is 9.53 Å². The summed E-state index contributed by atoms with van der Waals surface area (Å²) < 4.78 is 6.38. The Morgan fingerprint density at radius 1 is 1.53 bits per heavy atom. The monoisotopic (exact) mass is 235 g/mol. The van der Waals surface area contributed by atoms with E-state index in [1.807, 2.05) is 0 Å². The van der Waals surface area contributed by atoms with E-state index in [0.29, 0.717) is 0 Å². The van der Waals surface area contributed by atoms with Gasteiger partial charge in [-0.1, -0.05) is 6.42 Å². The third kappa shape index (κ3) is 1.94. The molecule has 17 heavy (non-hydrogen) atoms. The summed E-state index contributed by atoms with van der Waals surface area (Å²) in [7, 11) is 1.35. The van der Waals surface area contributed by atoms with Crippen LogP contribution in [-0.2, 0) is 11.3 Å². The Balaban J connectivity index is 1.65. The molecule has 1 aromatic rings. The predicted molar refractivity (Wildman–Crippen MR) is 60.3 cm³/mol. The Hall–Kier alpha value is -1.39. The van der Waals surface area contributed by atoms with E-state index in [9.17, 15) is 4.79 Å². The highest BCUT2D eigenvalue weighted by Gasteiger charge is 2.39. The molecule has 0 aliphatic heterocycles. The summed E-state index contributed by atoms with van der Waals surface area (Å²) in [6.45, 7) is 0.894. The largest absolute Gasteiger partial charge is 0.463 e. The lowest BCUT2D eigenvalue weighted by molar-refractivity contribution is 0.0586. The summed E-state index contributed by atoms with van der Waals surface area (Å²) in [5.74, 6) is 2.23. The van der Waals surface area contributed by atoms with Crippen LogP contribution in [0.5, 0.6) is 0 Å². The van der Waals surface area contributed by atoms with Crippen molar-refractivity contribution in [2.75, 3.05) is 7.11 Å². The Morgan fingerprint density at radius 3 is 3.06 bits per heavy atom. The molecule has 2 aliphatic rings.